The molecular weight excluding hydrogens is 254 g/mol. The molecule has 1 N–H and O–H groups in total. The molecule has 0 saturated carbocycles. The van der Waals surface area contributed by atoms with Crippen LogP contribution in [-0.2, 0) is 0 Å². The lowest BCUT2D eigenvalue weighted by atomic mass is 9.96. The molecule has 1 atom stereocenters. The summed E-state index contributed by atoms with van der Waals surface area (Å²) >= 11 is 0. The zero-order chi connectivity index (χ0) is 15.3. The van der Waals surface area contributed by atoms with Gasteiger partial charge in [-0.1, -0.05) is 83.1 Å². The third-order valence-corrected chi connectivity index (χ3v) is 4.30. The second kappa shape index (κ2) is 11.8. The van der Waals surface area contributed by atoms with E-state index < -0.39 is 0 Å². The summed E-state index contributed by atoms with van der Waals surface area (Å²) in [6.45, 7) is 7.89. The third-order valence-electron chi connectivity index (χ3n) is 4.30. The van der Waals surface area contributed by atoms with E-state index in [1.54, 1.807) is 0 Å². The largest absolute Gasteiger partial charge is 0.310 e. The summed E-state index contributed by atoms with van der Waals surface area (Å²) in [5.74, 6) is 0. The summed E-state index contributed by atoms with van der Waals surface area (Å²) in [7, 11) is 0. The number of unbranched alkanes of at least 4 members (excludes halogenated alkanes) is 6. The summed E-state index contributed by atoms with van der Waals surface area (Å²) < 4.78 is 0. The average molecular weight is 290 g/mol. The molecule has 1 unspecified atom stereocenters. The maximum atomic E-state index is 3.74. The molecule has 0 aliphatic rings. The van der Waals surface area contributed by atoms with Crippen molar-refractivity contribution >= 4 is 0 Å². The van der Waals surface area contributed by atoms with E-state index in [0.717, 1.165) is 6.54 Å². The highest BCUT2D eigenvalue weighted by molar-refractivity contribution is 5.28. The molecule has 0 amide bonds. The molecule has 0 radical (unpaired) electrons. The van der Waals surface area contributed by atoms with Crippen LogP contribution in [0, 0.1) is 6.92 Å². The van der Waals surface area contributed by atoms with Crippen LogP contribution in [0.3, 0.4) is 0 Å². The molecule has 0 saturated heterocycles. The molecule has 21 heavy (non-hydrogen) atoms. The van der Waals surface area contributed by atoms with Crippen molar-refractivity contribution in [1.29, 1.82) is 0 Å². The maximum Gasteiger partial charge on any atom is 0.0322 e. The van der Waals surface area contributed by atoms with Crippen molar-refractivity contribution in [3.8, 4) is 0 Å². The van der Waals surface area contributed by atoms with Gasteiger partial charge in [0.05, 0.1) is 0 Å². The molecule has 1 aromatic rings. The molecule has 0 fully saturated rings. The SMILES string of the molecule is CCCCCCCCCC(NCCC)c1ccccc1C. The predicted octanol–water partition coefficient (Wildman–Crippen LogP) is 6.18. The van der Waals surface area contributed by atoms with Crippen LogP contribution in [0.25, 0.3) is 0 Å². The van der Waals surface area contributed by atoms with E-state index in [9.17, 15) is 0 Å². The van der Waals surface area contributed by atoms with Crippen LogP contribution in [0.4, 0.5) is 0 Å². The molecule has 1 rings (SSSR count). The van der Waals surface area contributed by atoms with E-state index >= 15 is 0 Å². The molecule has 0 bridgehead atoms. The van der Waals surface area contributed by atoms with Crippen molar-refractivity contribution in [1.82, 2.24) is 5.32 Å². The summed E-state index contributed by atoms with van der Waals surface area (Å²) in [5.41, 5.74) is 2.92. The Hall–Kier alpha value is -0.820. The Labute approximate surface area is 132 Å². The Bertz CT molecular complexity index is 359. The Morgan fingerprint density at radius 2 is 1.52 bits per heavy atom. The minimum atomic E-state index is 0.543. The second-order valence-corrected chi connectivity index (χ2v) is 6.27. The average Bonchev–Trinajstić information content (AvgIpc) is 2.50. The normalized spacial score (nSPS) is 12.5. The second-order valence-electron chi connectivity index (χ2n) is 6.27. The van der Waals surface area contributed by atoms with Gasteiger partial charge in [-0.15, -0.1) is 0 Å². The quantitative estimate of drug-likeness (QED) is 0.453. The van der Waals surface area contributed by atoms with Crippen molar-refractivity contribution in [2.75, 3.05) is 6.54 Å². The third kappa shape index (κ3) is 7.66. The van der Waals surface area contributed by atoms with Gasteiger partial charge >= 0.3 is 0 Å². The van der Waals surface area contributed by atoms with E-state index in [-0.39, 0.29) is 0 Å². The van der Waals surface area contributed by atoms with Crippen LogP contribution in [0.2, 0.25) is 0 Å². The topological polar surface area (TPSA) is 12.0 Å². The van der Waals surface area contributed by atoms with Crippen LogP contribution in [-0.4, -0.2) is 6.54 Å². The highest BCUT2D eigenvalue weighted by Crippen LogP contribution is 2.23. The molecular formula is C20H35N. The van der Waals surface area contributed by atoms with Gasteiger partial charge in [-0.2, -0.15) is 0 Å². The summed E-state index contributed by atoms with van der Waals surface area (Å²) in [5, 5.41) is 3.74. The summed E-state index contributed by atoms with van der Waals surface area (Å²) in [6, 6.07) is 9.39. The van der Waals surface area contributed by atoms with Gasteiger partial charge in [0.2, 0.25) is 0 Å². The summed E-state index contributed by atoms with van der Waals surface area (Å²) in [6.07, 6.45) is 12.2. The van der Waals surface area contributed by atoms with Crippen LogP contribution in [0.15, 0.2) is 24.3 Å². The van der Waals surface area contributed by atoms with Gasteiger partial charge < -0.3 is 5.32 Å². The zero-order valence-electron chi connectivity index (χ0n) is 14.5. The number of benzene rings is 1. The van der Waals surface area contributed by atoms with E-state index in [1.165, 1.54) is 68.9 Å². The summed E-state index contributed by atoms with van der Waals surface area (Å²) in [4.78, 5) is 0. The van der Waals surface area contributed by atoms with Gasteiger partial charge in [0.15, 0.2) is 0 Å². The Balaban J connectivity index is 2.35. The first-order chi connectivity index (χ1) is 10.3. The molecule has 0 aliphatic carbocycles. The number of rotatable bonds is 12. The van der Waals surface area contributed by atoms with Gasteiger partial charge in [-0.05, 0) is 37.4 Å². The lowest BCUT2D eigenvalue weighted by Crippen LogP contribution is -2.22. The Kier molecular flexibility index (Phi) is 10.2. The molecule has 0 aliphatic heterocycles. The Morgan fingerprint density at radius 1 is 0.857 bits per heavy atom. The number of nitrogens with one attached hydrogen (secondary N) is 1. The lowest BCUT2D eigenvalue weighted by molar-refractivity contribution is 0.464. The fourth-order valence-electron chi connectivity index (χ4n) is 2.97. The minimum Gasteiger partial charge on any atom is -0.310 e. The minimum absolute atomic E-state index is 0.543. The van der Waals surface area contributed by atoms with Gasteiger partial charge in [-0.25, -0.2) is 0 Å². The number of aryl methyl sites for hydroxylation is 1. The fourth-order valence-corrected chi connectivity index (χ4v) is 2.97. The van der Waals surface area contributed by atoms with Crippen molar-refractivity contribution in [3.05, 3.63) is 35.4 Å². The van der Waals surface area contributed by atoms with Crippen molar-refractivity contribution < 1.29 is 0 Å². The van der Waals surface area contributed by atoms with Crippen molar-refractivity contribution in [2.24, 2.45) is 0 Å². The molecule has 120 valence electrons. The molecule has 0 heterocycles. The van der Waals surface area contributed by atoms with Gasteiger partial charge in [0.25, 0.3) is 0 Å². The maximum absolute atomic E-state index is 3.74. The number of hydrogen-bond donors (Lipinski definition) is 1. The van der Waals surface area contributed by atoms with Gasteiger partial charge in [0.1, 0.15) is 0 Å². The van der Waals surface area contributed by atoms with E-state index in [4.69, 9.17) is 0 Å². The molecule has 0 aromatic heterocycles. The van der Waals surface area contributed by atoms with Crippen LogP contribution < -0.4 is 5.32 Å². The number of hydrogen-bond acceptors (Lipinski definition) is 1. The van der Waals surface area contributed by atoms with Gasteiger partial charge in [0, 0.05) is 6.04 Å². The van der Waals surface area contributed by atoms with E-state index in [0.29, 0.717) is 6.04 Å². The molecule has 1 heteroatoms. The predicted molar refractivity (Wildman–Crippen MR) is 94.8 cm³/mol. The van der Waals surface area contributed by atoms with Crippen LogP contribution in [0.1, 0.15) is 88.8 Å². The van der Waals surface area contributed by atoms with Crippen molar-refractivity contribution in [3.63, 3.8) is 0 Å². The Morgan fingerprint density at radius 3 is 2.19 bits per heavy atom. The lowest BCUT2D eigenvalue weighted by Gasteiger charge is -2.21. The van der Waals surface area contributed by atoms with E-state index in [1.807, 2.05) is 0 Å². The monoisotopic (exact) mass is 289 g/mol. The van der Waals surface area contributed by atoms with Crippen molar-refractivity contribution in [2.45, 2.75) is 84.6 Å². The van der Waals surface area contributed by atoms with E-state index in [2.05, 4.69) is 50.4 Å². The highest BCUT2D eigenvalue weighted by Gasteiger charge is 2.11. The first-order valence-electron chi connectivity index (χ1n) is 9.08. The highest BCUT2D eigenvalue weighted by atomic mass is 14.9. The first kappa shape index (κ1) is 18.2. The first-order valence-corrected chi connectivity index (χ1v) is 9.08. The molecule has 0 spiro atoms. The smallest absolute Gasteiger partial charge is 0.0322 e. The standard InChI is InChI=1S/C20H35N/c1-4-6-7-8-9-10-11-16-20(21-17-5-2)19-15-13-12-14-18(19)3/h12-15,20-21H,4-11,16-17H2,1-3H3. The molecule has 1 aromatic carbocycles. The van der Waals surface area contributed by atoms with Crippen LogP contribution >= 0.6 is 0 Å². The fraction of sp³-hybridized carbons (Fsp3) is 0.700. The van der Waals surface area contributed by atoms with Crippen LogP contribution in [0.5, 0.6) is 0 Å². The molecule has 1 nitrogen and oxygen atoms in total. The zero-order valence-corrected chi connectivity index (χ0v) is 14.5. The van der Waals surface area contributed by atoms with Gasteiger partial charge in [-0.3, -0.25) is 0 Å².